The molecule has 0 unspecified atom stereocenters. The van der Waals surface area contributed by atoms with E-state index in [0.29, 0.717) is 0 Å². The van der Waals surface area contributed by atoms with Gasteiger partial charge in [0, 0.05) is 23.7 Å². The van der Waals surface area contributed by atoms with Crippen molar-refractivity contribution in [2.24, 2.45) is 4.99 Å². The summed E-state index contributed by atoms with van der Waals surface area (Å²) in [6, 6.07) is 32.3. The molecule has 0 fully saturated rings. The first kappa shape index (κ1) is 32.0. The molecule has 0 aliphatic rings. The second kappa shape index (κ2) is 15.4. The maximum absolute atomic E-state index is 5.05. The van der Waals surface area contributed by atoms with Crippen molar-refractivity contribution in [1.29, 1.82) is 0 Å². The summed E-state index contributed by atoms with van der Waals surface area (Å²) in [7, 11) is 0. The van der Waals surface area contributed by atoms with Crippen molar-refractivity contribution < 1.29 is 0 Å². The van der Waals surface area contributed by atoms with Gasteiger partial charge in [-0.2, -0.15) is 0 Å². The molecule has 0 saturated carbocycles. The monoisotopic (exact) mass is 552 g/mol. The van der Waals surface area contributed by atoms with Crippen LogP contribution in [-0.4, -0.2) is 11.2 Å². The van der Waals surface area contributed by atoms with Crippen molar-refractivity contribution in [2.75, 3.05) is 0 Å². The third kappa shape index (κ3) is 7.01. The van der Waals surface area contributed by atoms with Gasteiger partial charge in [-0.05, 0) is 84.1 Å². The van der Waals surface area contributed by atoms with Crippen LogP contribution in [0.2, 0.25) is 0 Å². The van der Waals surface area contributed by atoms with Gasteiger partial charge in [0.1, 0.15) is 0 Å². The van der Waals surface area contributed by atoms with E-state index in [1.807, 2.05) is 45.2 Å². The minimum atomic E-state index is 0.799. The molecule has 0 saturated heterocycles. The van der Waals surface area contributed by atoms with E-state index >= 15 is 0 Å². The van der Waals surface area contributed by atoms with Crippen LogP contribution in [0.1, 0.15) is 55.6 Å². The highest BCUT2D eigenvalue weighted by Crippen LogP contribution is 2.32. The van der Waals surface area contributed by atoms with Crippen LogP contribution in [0.5, 0.6) is 0 Å². The minimum Gasteiger partial charge on any atom is -0.259 e. The quantitative estimate of drug-likeness (QED) is 0.158. The molecule has 0 aliphatic heterocycles. The molecule has 0 spiro atoms. The summed E-state index contributed by atoms with van der Waals surface area (Å²) in [5, 5.41) is 7.77. The Kier molecular flexibility index (Phi) is 11.8. The largest absolute Gasteiger partial charge is 0.259 e. The van der Waals surface area contributed by atoms with Gasteiger partial charge in [0.05, 0.1) is 11.2 Å². The Balaban J connectivity index is 0.000000377. The fraction of sp³-hybridized carbons (Fsp3) is 0.200. The van der Waals surface area contributed by atoms with Gasteiger partial charge in [-0.25, -0.2) is 0 Å². The van der Waals surface area contributed by atoms with Crippen molar-refractivity contribution in [1.82, 2.24) is 4.98 Å². The molecule has 1 heterocycles. The van der Waals surface area contributed by atoms with Crippen LogP contribution >= 0.6 is 0 Å². The summed E-state index contributed by atoms with van der Waals surface area (Å²) >= 11 is 0. The maximum atomic E-state index is 5.05. The van der Waals surface area contributed by atoms with Gasteiger partial charge in [-0.3, -0.25) is 9.98 Å². The number of pyridine rings is 1. The molecular weight excluding hydrogens is 508 g/mol. The Morgan fingerprint density at radius 2 is 1.33 bits per heavy atom. The zero-order chi connectivity index (χ0) is 30.6. The van der Waals surface area contributed by atoms with Gasteiger partial charge in [-0.15, -0.1) is 13.2 Å². The molecule has 2 nitrogen and oxygen atoms in total. The normalized spacial score (nSPS) is 11.1. The predicted octanol–water partition coefficient (Wildman–Crippen LogP) is 10.8. The molecule has 1 aromatic heterocycles. The van der Waals surface area contributed by atoms with E-state index in [2.05, 4.69) is 125 Å². The molecule has 0 bridgehead atoms. The second-order valence-corrected chi connectivity index (χ2v) is 9.90. The number of fused-ring (bicyclic) bond motifs is 1. The molecule has 0 radical (unpaired) electrons. The van der Waals surface area contributed by atoms with Gasteiger partial charge in [-0.1, -0.05) is 110 Å². The van der Waals surface area contributed by atoms with E-state index in [1.54, 1.807) is 0 Å². The highest BCUT2D eigenvalue weighted by atomic mass is 14.8. The molecule has 6 rings (SSSR count). The molecular formula is C40H44N2. The van der Waals surface area contributed by atoms with Crippen LogP contribution in [-0.2, 0) is 6.42 Å². The van der Waals surface area contributed by atoms with Gasteiger partial charge in [0.25, 0.3) is 0 Å². The fourth-order valence-corrected chi connectivity index (χ4v) is 5.24. The van der Waals surface area contributed by atoms with Crippen molar-refractivity contribution in [3.05, 3.63) is 137 Å². The molecule has 42 heavy (non-hydrogen) atoms. The lowest BCUT2D eigenvalue weighted by Gasteiger charge is -2.14. The lowest BCUT2D eigenvalue weighted by atomic mass is 9.91. The van der Waals surface area contributed by atoms with E-state index in [1.165, 1.54) is 43.5 Å². The first-order chi connectivity index (χ1) is 20.5. The maximum Gasteiger partial charge on any atom is 0.0964 e. The lowest BCUT2D eigenvalue weighted by molar-refractivity contribution is 1.11. The average molecular weight is 553 g/mol. The molecule has 6 aromatic rings. The van der Waals surface area contributed by atoms with Crippen LogP contribution in [0, 0.1) is 20.8 Å². The minimum absolute atomic E-state index is 0.799. The zero-order valence-electron chi connectivity index (χ0n) is 26.3. The first-order valence-electron chi connectivity index (χ1n) is 14.8. The summed E-state index contributed by atoms with van der Waals surface area (Å²) in [6.07, 6.45) is 4.85. The van der Waals surface area contributed by atoms with E-state index in [9.17, 15) is 0 Å². The number of hydrogen-bond donors (Lipinski definition) is 0. The van der Waals surface area contributed by atoms with Gasteiger partial charge >= 0.3 is 0 Å². The van der Waals surface area contributed by atoms with Gasteiger partial charge in [0.15, 0.2) is 0 Å². The van der Waals surface area contributed by atoms with Crippen molar-refractivity contribution in [3.8, 4) is 0 Å². The highest BCUT2D eigenvalue weighted by Gasteiger charge is 2.12. The van der Waals surface area contributed by atoms with Gasteiger partial charge < -0.3 is 0 Å². The summed E-state index contributed by atoms with van der Waals surface area (Å²) in [4.78, 5) is 9.65. The molecule has 5 aromatic carbocycles. The Labute approximate surface area is 252 Å². The summed E-state index contributed by atoms with van der Waals surface area (Å²) in [5.74, 6) is 0. The number of aromatic nitrogens is 1. The third-order valence-corrected chi connectivity index (χ3v) is 7.22. The van der Waals surface area contributed by atoms with Crippen LogP contribution in [0.25, 0.3) is 38.5 Å². The van der Waals surface area contributed by atoms with Crippen LogP contribution < -0.4 is 5.22 Å². The SMILES string of the molecule is C=C.CC.CC=Nc1c(C)ccc2ccc(Cc3ccc4ccc(C)c5/c(=C\C)ccc3c45)nc12.Cc1ccccc1. The number of rotatable bonds is 3. The topological polar surface area (TPSA) is 25.2 Å². The standard InChI is InChI=1S/C29H26N2.C7H8.C2H6.C2H4/c1-5-20-14-16-25-23(12-11-21-9-7-18(3)26(20)27(21)25)17-24-15-13-22-10-8-19(4)28(30-6-2)29(22)31-24;1-7-5-3-2-4-6-7;2*1-2/h5-16H,17H2,1-4H3;2-6H,1H3;1-2H3;1-2H2/b20-5-,30-6?;;;. The van der Waals surface area contributed by atoms with Crippen molar-refractivity contribution >= 4 is 50.4 Å². The fourth-order valence-electron chi connectivity index (χ4n) is 5.24. The second-order valence-electron chi connectivity index (χ2n) is 9.90. The van der Waals surface area contributed by atoms with E-state index < -0.39 is 0 Å². The summed E-state index contributed by atoms with van der Waals surface area (Å²) < 4.78 is 0. The number of aliphatic imine (C=N–C) groups is 1. The Hall–Kier alpha value is -4.56. The molecule has 0 atom stereocenters. The Morgan fingerprint density at radius 3 is 1.98 bits per heavy atom. The number of nitrogens with zero attached hydrogens (tertiary/aromatic N) is 2. The highest BCUT2D eigenvalue weighted by molar-refractivity contribution is 6.12. The zero-order valence-corrected chi connectivity index (χ0v) is 26.3. The average Bonchev–Trinajstić information content (AvgIpc) is 3.04. The van der Waals surface area contributed by atoms with E-state index in [0.717, 1.165) is 34.3 Å². The van der Waals surface area contributed by atoms with Crippen LogP contribution in [0.15, 0.2) is 109 Å². The molecule has 0 N–H and O–H groups in total. The Morgan fingerprint density at radius 1 is 0.690 bits per heavy atom. The third-order valence-electron chi connectivity index (χ3n) is 7.22. The Bertz CT molecular complexity index is 1850. The molecule has 2 heteroatoms. The van der Waals surface area contributed by atoms with Crippen molar-refractivity contribution in [2.45, 2.75) is 54.9 Å². The summed E-state index contributed by atoms with van der Waals surface area (Å²) in [6.45, 7) is 20.4. The molecule has 214 valence electrons. The predicted molar refractivity (Wildman–Crippen MR) is 188 cm³/mol. The van der Waals surface area contributed by atoms with Crippen LogP contribution in [0.4, 0.5) is 5.69 Å². The smallest absolute Gasteiger partial charge is 0.0964 e. The van der Waals surface area contributed by atoms with Crippen LogP contribution in [0.3, 0.4) is 0 Å². The number of aryl methyl sites for hydroxylation is 3. The number of hydrogen-bond acceptors (Lipinski definition) is 2. The summed E-state index contributed by atoms with van der Waals surface area (Å²) in [5.41, 5.74) is 8.13. The van der Waals surface area contributed by atoms with Gasteiger partial charge in [0.2, 0.25) is 0 Å². The van der Waals surface area contributed by atoms with Crippen molar-refractivity contribution in [3.63, 3.8) is 0 Å². The van der Waals surface area contributed by atoms with E-state index in [4.69, 9.17) is 4.98 Å². The molecule has 0 amide bonds. The van der Waals surface area contributed by atoms with E-state index in [-0.39, 0.29) is 0 Å². The lowest BCUT2D eigenvalue weighted by Crippen LogP contribution is -2.04. The number of benzene rings is 5. The first-order valence-corrected chi connectivity index (χ1v) is 14.8. The molecule has 0 aliphatic carbocycles.